The fourth-order valence-electron chi connectivity index (χ4n) is 2.62. The molecule has 1 aromatic carbocycles. The van der Waals surface area contributed by atoms with Crippen LogP contribution in [0.4, 0.5) is 0 Å². The van der Waals surface area contributed by atoms with Crippen LogP contribution < -0.4 is 0 Å². The number of hydrogen-bond acceptors (Lipinski definition) is 4. The molecule has 0 unspecified atom stereocenters. The standard InChI is InChI=1S/C17H16ClN3O2/c1-2-15-11-17(23,13-6-8-19-9-7-13)21(20-15)16(22)12-4-3-5-14(18)10-12/h3-10,23H,2,11H2,1H3/t17-/m1/s1. The molecular formula is C17H16ClN3O2. The summed E-state index contributed by atoms with van der Waals surface area (Å²) in [6.07, 6.45) is 4.10. The van der Waals surface area contributed by atoms with Crippen molar-refractivity contribution in [2.45, 2.75) is 25.5 Å². The number of amides is 1. The molecule has 1 N–H and O–H groups in total. The maximum Gasteiger partial charge on any atom is 0.276 e. The number of pyridine rings is 1. The first-order valence-corrected chi connectivity index (χ1v) is 7.72. The molecule has 1 amide bonds. The molecule has 1 atom stereocenters. The van der Waals surface area contributed by atoms with Crippen LogP contribution in [0.5, 0.6) is 0 Å². The SMILES string of the molecule is CCC1=NN(C(=O)c2cccc(Cl)c2)[C@](O)(c2ccncc2)C1. The highest BCUT2D eigenvalue weighted by molar-refractivity contribution is 6.31. The van der Waals surface area contributed by atoms with Crippen LogP contribution in [-0.2, 0) is 5.72 Å². The molecule has 1 aliphatic heterocycles. The van der Waals surface area contributed by atoms with Crippen LogP contribution in [0.15, 0.2) is 53.9 Å². The van der Waals surface area contributed by atoms with Gasteiger partial charge < -0.3 is 5.11 Å². The van der Waals surface area contributed by atoms with Crippen LogP contribution in [0.25, 0.3) is 0 Å². The number of aromatic nitrogens is 1. The van der Waals surface area contributed by atoms with Crippen molar-refractivity contribution in [1.82, 2.24) is 9.99 Å². The first-order valence-electron chi connectivity index (χ1n) is 7.34. The Morgan fingerprint density at radius 2 is 2.09 bits per heavy atom. The zero-order valence-electron chi connectivity index (χ0n) is 12.6. The monoisotopic (exact) mass is 329 g/mol. The van der Waals surface area contributed by atoms with E-state index in [1.807, 2.05) is 6.92 Å². The molecule has 0 fully saturated rings. The lowest BCUT2D eigenvalue weighted by Crippen LogP contribution is -2.43. The minimum absolute atomic E-state index is 0.278. The van der Waals surface area contributed by atoms with Crippen molar-refractivity contribution in [2.75, 3.05) is 0 Å². The number of halogens is 1. The molecule has 5 nitrogen and oxygen atoms in total. The zero-order valence-corrected chi connectivity index (χ0v) is 13.4. The topological polar surface area (TPSA) is 65.8 Å². The molecular weight excluding hydrogens is 314 g/mol. The van der Waals surface area contributed by atoms with E-state index in [2.05, 4.69) is 10.1 Å². The van der Waals surface area contributed by atoms with E-state index in [0.717, 1.165) is 10.7 Å². The average Bonchev–Trinajstić information content (AvgIpc) is 2.93. The maximum atomic E-state index is 12.8. The van der Waals surface area contributed by atoms with E-state index in [0.29, 0.717) is 22.6 Å². The molecule has 2 heterocycles. The van der Waals surface area contributed by atoms with Crippen LogP contribution in [-0.4, -0.2) is 26.7 Å². The Kier molecular flexibility index (Phi) is 4.15. The summed E-state index contributed by atoms with van der Waals surface area (Å²) in [5, 5.41) is 17.1. The third kappa shape index (κ3) is 2.85. The Morgan fingerprint density at radius 3 is 2.74 bits per heavy atom. The van der Waals surface area contributed by atoms with Crippen LogP contribution in [0.2, 0.25) is 5.02 Å². The summed E-state index contributed by atoms with van der Waals surface area (Å²) in [4.78, 5) is 16.8. The van der Waals surface area contributed by atoms with Gasteiger partial charge >= 0.3 is 0 Å². The van der Waals surface area contributed by atoms with Gasteiger partial charge in [-0.25, -0.2) is 0 Å². The molecule has 23 heavy (non-hydrogen) atoms. The summed E-state index contributed by atoms with van der Waals surface area (Å²) in [6, 6.07) is 9.98. The fraction of sp³-hybridized carbons (Fsp3) is 0.235. The highest BCUT2D eigenvalue weighted by Gasteiger charge is 2.45. The van der Waals surface area contributed by atoms with Crippen molar-refractivity contribution in [3.63, 3.8) is 0 Å². The van der Waals surface area contributed by atoms with Gasteiger partial charge in [-0.05, 0) is 36.8 Å². The second-order valence-electron chi connectivity index (χ2n) is 5.38. The van der Waals surface area contributed by atoms with Gasteiger partial charge in [0, 0.05) is 40.7 Å². The van der Waals surface area contributed by atoms with Crippen molar-refractivity contribution in [2.24, 2.45) is 5.10 Å². The first-order chi connectivity index (χ1) is 11.0. The number of hydrazone groups is 1. The molecule has 0 spiro atoms. The second-order valence-corrected chi connectivity index (χ2v) is 5.81. The van der Waals surface area contributed by atoms with Gasteiger partial charge in [-0.2, -0.15) is 10.1 Å². The number of aliphatic hydroxyl groups is 1. The average molecular weight is 330 g/mol. The summed E-state index contributed by atoms with van der Waals surface area (Å²) >= 11 is 5.96. The molecule has 0 radical (unpaired) electrons. The Labute approximate surface area is 139 Å². The second kappa shape index (κ2) is 6.10. The van der Waals surface area contributed by atoms with Gasteiger partial charge in [-0.3, -0.25) is 9.78 Å². The van der Waals surface area contributed by atoms with Crippen LogP contribution in [0.3, 0.4) is 0 Å². The normalized spacial score (nSPS) is 20.5. The maximum absolute atomic E-state index is 12.8. The van der Waals surface area contributed by atoms with Gasteiger partial charge in [-0.1, -0.05) is 24.6 Å². The Bertz CT molecular complexity index is 763. The predicted molar refractivity (Wildman–Crippen MR) is 88.1 cm³/mol. The summed E-state index contributed by atoms with van der Waals surface area (Å²) in [6.45, 7) is 1.94. The van der Waals surface area contributed by atoms with Crippen molar-refractivity contribution in [3.8, 4) is 0 Å². The van der Waals surface area contributed by atoms with Crippen molar-refractivity contribution < 1.29 is 9.90 Å². The van der Waals surface area contributed by atoms with Crippen LogP contribution in [0.1, 0.15) is 35.7 Å². The molecule has 1 aliphatic rings. The third-order valence-electron chi connectivity index (χ3n) is 3.86. The van der Waals surface area contributed by atoms with Crippen LogP contribution in [0, 0.1) is 0 Å². The van der Waals surface area contributed by atoms with Gasteiger partial charge in [0.05, 0.1) is 0 Å². The van der Waals surface area contributed by atoms with Gasteiger partial charge in [0.2, 0.25) is 0 Å². The number of carbonyl (C=O) groups is 1. The molecule has 3 rings (SSSR count). The largest absolute Gasteiger partial charge is 0.365 e. The quantitative estimate of drug-likeness (QED) is 0.940. The molecule has 0 saturated carbocycles. The smallest absolute Gasteiger partial charge is 0.276 e. The summed E-state index contributed by atoms with van der Waals surface area (Å²) in [7, 11) is 0. The molecule has 0 saturated heterocycles. The molecule has 0 aliphatic carbocycles. The summed E-state index contributed by atoms with van der Waals surface area (Å²) in [5.41, 5.74) is 0.217. The van der Waals surface area contributed by atoms with Crippen LogP contribution >= 0.6 is 11.6 Å². The lowest BCUT2D eigenvalue weighted by molar-refractivity contribution is -0.0766. The van der Waals surface area contributed by atoms with E-state index in [9.17, 15) is 9.90 Å². The molecule has 0 bridgehead atoms. The number of nitrogens with zero attached hydrogens (tertiary/aromatic N) is 3. The minimum atomic E-state index is -1.51. The highest BCUT2D eigenvalue weighted by Crippen LogP contribution is 2.36. The first kappa shape index (κ1) is 15.6. The van der Waals surface area contributed by atoms with Crippen molar-refractivity contribution in [1.29, 1.82) is 0 Å². The lowest BCUT2D eigenvalue weighted by atomic mass is 9.97. The number of carbonyl (C=O) groups excluding carboxylic acids is 1. The fourth-order valence-corrected chi connectivity index (χ4v) is 2.81. The zero-order chi connectivity index (χ0) is 16.4. The third-order valence-corrected chi connectivity index (χ3v) is 4.09. The number of rotatable bonds is 3. The van der Waals surface area contributed by atoms with E-state index in [1.54, 1.807) is 48.8 Å². The lowest BCUT2D eigenvalue weighted by Gasteiger charge is -2.31. The number of benzene rings is 1. The van der Waals surface area contributed by atoms with E-state index < -0.39 is 11.6 Å². The van der Waals surface area contributed by atoms with Crippen molar-refractivity contribution in [3.05, 3.63) is 64.9 Å². The molecule has 118 valence electrons. The van der Waals surface area contributed by atoms with Gasteiger partial charge in [-0.15, -0.1) is 0 Å². The Hall–Kier alpha value is -2.24. The van der Waals surface area contributed by atoms with Gasteiger partial charge in [0.1, 0.15) is 0 Å². The van der Waals surface area contributed by atoms with E-state index in [1.165, 1.54) is 0 Å². The molecule has 2 aromatic rings. The minimum Gasteiger partial charge on any atom is -0.365 e. The van der Waals surface area contributed by atoms with E-state index in [-0.39, 0.29) is 6.42 Å². The van der Waals surface area contributed by atoms with Gasteiger partial charge in [0.25, 0.3) is 5.91 Å². The number of hydrogen-bond donors (Lipinski definition) is 1. The van der Waals surface area contributed by atoms with Gasteiger partial charge in [0.15, 0.2) is 5.72 Å². The molecule has 1 aromatic heterocycles. The van der Waals surface area contributed by atoms with E-state index >= 15 is 0 Å². The Balaban J connectivity index is 2.03. The summed E-state index contributed by atoms with van der Waals surface area (Å²) < 4.78 is 0. The predicted octanol–water partition coefficient (Wildman–Crippen LogP) is 3.19. The van der Waals surface area contributed by atoms with Crippen molar-refractivity contribution >= 4 is 23.2 Å². The highest BCUT2D eigenvalue weighted by atomic mass is 35.5. The molecule has 6 heteroatoms. The van der Waals surface area contributed by atoms with E-state index in [4.69, 9.17) is 11.6 Å². The summed E-state index contributed by atoms with van der Waals surface area (Å²) in [5.74, 6) is -0.393. The Morgan fingerprint density at radius 1 is 1.35 bits per heavy atom.